The third-order valence-electron chi connectivity index (χ3n) is 5.05. The smallest absolute Gasteiger partial charge is 0.223 e. The van der Waals surface area contributed by atoms with Gasteiger partial charge in [0.05, 0.1) is 13.2 Å². The van der Waals surface area contributed by atoms with Gasteiger partial charge in [0.1, 0.15) is 18.2 Å². The molecule has 1 amide bonds. The van der Waals surface area contributed by atoms with E-state index in [4.69, 9.17) is 9.47 Å². The topological polar surface area (TPSA) is 47.6 Å². The molecule has 5 heteroatoms. The molecule has 0 radical (unpaired) electrons. The number of carbonyl (C=O) groups is 1. The Bertz CT molecular complexity index is 787. The van der Waals surface area contributed by atoms with Gasteiger partial charge in [-0.3, -0.25) is 4.79 Å². The molecule has 152 valence electrons. The van der Waals surface area contributed by atoms with Crippen LogP contribution in [0.2, 0.25) is 0 Å². The van der Waals surface area contributed by atoms with Crippen LogP contribution < -0.4 is 10.1 Å². The van der Waals surface area contributed by atoms with Crippen LogP contribution in [0.5, 0.6) is 5.75 Å². The number of hydrogen-bond donors (Lipinski definition) is 1. The molecule has 3 rings (SSSR count). The van der Waals surface area contributed by atoms with E-state index < -0.39 is 0 Å². The average molecular weight is 387 g/mol. The first-order chi connectivity index (χ1) is 13.5. The summed E-state index contributed by atoms with van der Waals surface area (Å²) in [6.07, 6.45) is 1.62. The Morgan fingerprint density at radius 1 is 1.14 bits per heavy atom. The molecule has 1 N–H and O–H groups in total. The summed E-state index contributed by atoms with van der Waals surface area (Å²) in [4.78, 5) is 12.3. The quantitative estimate of drug-likeness (QED) is 0.659. The van der Waals surface area contributed by atoms with Crippen LogP contribution >= 0.6 is 0 Å². The van der Waals surface area contributed by atoms with E-state index in [-0.39, 0.29) is 25.0 Å². The number of ether oxygens (including phenoxy) is 2. The van der Waals surface area contributed by atoms with Crippen molar-refractivity contribution in [1.29, 1.82) is 0 Å². The monoisotopic (exact) mass is 387 g/mol. The fourth-order valence-corrected chi connectivity index (χ4v) is 3.56. The summed E-state index contributed by atoms with van der Waals surface area (Å²) in [5.74, 6) is 0.610. The molecule has 2 aromatic carbocycles. The molecule has 2 aromatic rings. The number of benzene rings is 2. The van der Waals surface area contributed by atoms with Gasteiger partial charge in [-0.2, -0.15) is 0 Å². The number of rotatable bonds is 9. The molecule has 0 unspecified atom stereocenters. The SMILES string of the molecule is CC(C)c1ccc(F)cc1OCCOCCNC(=O)C1Cc2ccccc2C1.[HH]. The fourth-order valence-electron chi connectivity index (χ4n) is 3.56. The second kappa shape index (κ2) is 9.69. The molecule has 0 atom stereocenters. The zero-order chi connectivity index (χ0) is 19.9. The lowest BCUT2D eigenvalue weighted by atomic mass is 10.0. The van der Waals surface area contributed by atoms with Gasteiger partial charge in [-0.25, -0.2) is 4.39 Å². The lowest BCUT2D eigenvalue weighted by Crippen LogP contribution is -2.33. The number of halogens is 1. The minimum absolute atomic E-state index is 0. The van der Waals surface area contributed by atoms with Crippen molar-refractivity contribution in [1.82, 2.24) is 5.32 Å². The van der Waals surface area contributed by atoms with E-state index in [1.54, 1.807) is 6.07 Å². The third-order valence-corrected chi connectivity index (χ3v) is 5.05. The van der Waals surface area contributed by atoms with E-state index in [0.717, 1.165) is 18.4 Å². The van der Waals surface area contributed by atoms with Gasteiger partial charge in [0.2, 0.25) is 5.91 Å². The standard InChI is InChI=1S/C23H28FNO3.H2/c1-16(2)21-8-7-20(24)15-22(21)28-12-11-27-10-9-25-23(26)19-13-17-5-3-4-6-18(17)14-19;/h3-8,15-16,19H,9-14H2,1-2H3,(H,25,26);1H. The minimum Gasteiger partial charge on any atom is -0.491 e. The molecule has 0 saturated heterocycles. The molecule has 1 aliphatic carbocycles. The molecule has 0 fully saturated rings. The Hall–Kier alpha value is -2.40. The van der Waals surface area contributed by atoms with Gasteiger partial charge in [-0.15, -0.1) is 0 Å². The molecule has 0 aromatic heterocycles. The van der Waals surface area contributed by atoms with Crippen molar-refractivity contribution in [3.8, 4) is 5.75 Å². The van der Waals surface area contributed by atoms with Crippen molar-refractivity contribution in [2.75, 3.05) is 26.4 Å². The highest BCUT2D eigenvalue weighted by Gasteiger charge is 2.26. The molecule has 0 aliphatic heterocycles. The van der Waals surface area contributed by atoms with Crippen molar-refractivity contribution in [3.05, 3.63) is 65.0 Å². The lowest BCUT2D eigenvalue weighted by Gasteiger charge is -2.14. The Morgan fingerprint density at radius 2 is 1.86 bits per heavy atom. The number of nitrogens with one attached hydrogen (secondary N) is 1. The largest absolute Gasteiger partial charge is 0.491 e. The highest BCUT2D eigenvalue weighted by molar-refractivity contribution is 5.80. The third kappa shape index (κ3) is 5.32. The van der Waals surface area contributed by atoms with Crippen LogP contribution in [0, 0.1) is 11.7 Å². The number of fused-ring (bicyclic) bond motifs is 1. The average Bonchev–Trinajstić information content (AvgIpc) is 3.11. The van der Waals surface area contributed by atoms with Crippen molar-refractivity contribution in [2.45, 2.75) is 32.6 Å². The van der Waals surface area contributed by atoms with Crippen LogP contribution in [0.25, 0.3) is 0 Å². The molecule has 4 nitrogen and oxygen atoms in total. The molecule has 28 heavy (non-hydrogen) atoms. The van der Waals surface area contributed by atoms with E-state index >= 15 is 0 Å². The molecular weight excluding hydrogens is 357 g/mol. The van der Waals surface area contributed by atoms with Gasteiger partial charge in [0.15, 0.2) is 0 Å². The second-order valence-corrected chi connectivity index (χ2v) is 7.46. The first kappa shape index (κ1) is 20.3. The Kier molecular flexibility index (Phi) is 7.04. The Labute approximate surface area is 167 Å². The Morgan fingerprint density at radius 3 is 2.54 bits per heavy atom. The molecule has 0 bridgehead atoms. The van der Waals surface area contributed by atoms with Crippen molar-refractivity contribution >= 4 is 5.91 Å². The number of hydrogen-bond acceptors (Lipinski definition) is 3. The lowest BCUT2D eigenvalue weighted by molar-refractivity contribution is -0.124. The summed E-state index contributed by atoms with van der Waals surface area (Å²) >= 11 is 0. The van der Waals surface area contributed by atoms with E-state index in [2.05, 4.69) is 17.4 Å². The van der Waals surface area contributed by atoms with Gasteiger partial charge in [0, 0.05) is 20.0 Å². The van der Waals surface area contributed by atoms with Gasteiger partial charge in [0.25, 0.3) is 0 Å². The van der Waals surface area contributed by atoms with Gasteiger partial charge >= 0.3 is 0 Å². The normalized spacial score (nSPS) is 13.6. The molecule has 0 heterocycles. The maximum atomic E-state index is 13.4. The summed E-state index contributed by atoms with van der Waals surface area (Å²) in [5, 5.41) is 2.95. The Balaban J connectivity index is 0.00000300. The predicted molar refractivity (Wildman–Crippen MR) is 109 cm³/mol. The molecule has 1 aliphatic rings. The van der Waals surface area contributed by atoms with Crippen LogP contribution in [-0.2, 0) is 22.4 Å². The van der Waals surface area contributed by atoms with Crippen LogP contribution in [0.15, 0.2) is 42.5 Å². The highest BCUT2D eigenvalue weighted by Crippen LogP contribution is 2.27. The maximum absolute atomic E-state index is 13.4. The zero-order valence-corrected chi connectivity index (χ0v) is 16.5. The summed E-state index contributed by atoms with van der Waals surface area (Å²) < 4.78 is 24.6. The molecular formula is C23H30FNO3. The van der Waals surface area contributed by atoms with E-state index in [0.29, 0.717) is 32.1 Å². The molecule has 0 spiro atoms. The van der Waals surface area contributed by atoms with Gasteiger partial charge < -0.3 is 14.8 Å². The first-order valence-corrected chi connectivity index (χ1v) is 9.89. The number of amides is 1. The highest BCUT2D eigenvalue weighted by atomic mass is 19.1. The van der Waals surface area contributed by atoms with E-state index in [1.807, 2.05) is 26.0 Å². The second-order valence-electron chi connectivity index (χ2n) is 7.46. The van der Waals surface area contributed by atoms with Crippen LogP contribution in [0.1, 0.15) is 37.9 Å². The summed E-state index contributed by atoms with van der Waals surface area (Å²) in [6.45, 7) is 5.72. The van der Waals surface area contributed by atoms with Crippen molar-refractivity contribution in [2.24, 2.45) is 5.92 Å². The van der Waals surface area contributed by atoms with Crippen molar-refractivity contribution in [3.63, 3.8) is 0 Å². The maximum Gasteiger partial charge on any atom is 0.223 e. The first-order valence-electron chi connectivity index (χ1n) is 9.89. The van der Waals surface area contributed by atoms with Crippen LogP contribution in [0.4, 0.5) is 4.39 Å². The summed E-state index contributed by atoms with van der Waals surface area (Å²) in [5.41, 5.74) is 3.52. The predicted octanol–water partition coefficient (Wildman–Crippen LogP) is 4.12. The zero-order valence-electron chi connectivity index (χ0n) is 16.5. The van der Waals surface area contributed by atoms with Gasteiger partial charge in [-0.05, 0) is 41.5 Å². The summed E-state index contributed by atoms with van der Waals surface area (Å²) in [6, 6.07) is 12.8. The summed E-state index contributed by atoms with van der Waals surface area (Å²) in [7, 11) is 0. The van der Waals surface area contributed by atoms with E-state index in [9.17, 15) is 9.18 Å². The van der Waals surface area contributed by atoms with Crippen LogP contribution in [-0.4, -0.2) is 32.3 Å². The number of carbonyl (C=O) groups excluding carboxylic acids is 1. The molecule has 0 saturated carbocycles. The fraction of sp³-hybridized carbons (Fsp3) is 0.435. The van der Waals surface area contributed by atoms with Gasteiger partial charge in [-0.1, -0.05) is 44.2 Å². The minimum atomic E-state index is -0.308. The van der Waals surface area contributed by atoms with E-state index in [1.165, 1.54) is 23.3 Å². The van der Waals surface area contributed by atoms with Crippen LogP contribution in [0.3, 0.4) is 0 Å². The van der Waals surface area contributed by atoms with Crippen molar-refractivity contribution < 1.29 is 20.1 Å².